The monoisotopic (exact) mass is 132 g/mol. The Morgan fingerprint density at radius 3 is 2.60 bits per heavy atom. The van der Waals surface area contributed by atoms with E-state index in [9.17, 15) is 0 Å². The highest BCUT2D eigenvalue weighted by atomic mass is 15.1. The molecule has 1 aromatic rings. The number of hydrogen-bond acceptors (Lipinski definition) is 2. The van der Waals surface area contributed by atoms with Gasteiger partial charge < -0.3 is 0 Å². The van der Waals surface area contributed by atoms with Gasteiger partial charge in [0.25, 0.3) is 0 Å². The predicted molar refractivity (Wildman–Crippen MR) is 39.4 cm³/mol. The molecule has 1 rings (SSSR count). The SMILES string of the molecule is C#Cc1cc(C)nnc1C. The fourth-order valence-electron chi connectivity index (χ4n) is 0.696. The van der Waals surface area contributed by atoms with Gasteiger partial charge in [-0.1, -0.05) is 5.92 Å². The Morgan fingerprint density at radius 1 is 1.40 bits per heavy atom. The maximum Gasteiger partial charge on any atom is 0.0756 e. The van der Waals surface area contributed by atoms with Gasteiger partial charge in [-0.2, -0.15) is 10.2 Å². The summed E-state index contributed by atoms with van der Waals surface area (Å²) in [5.41, 5.74) is 2.50. The van der Waals surface area contributed by atoms with Crippen molar-refractivity contribution in [3.8, 4) is 12.3 Å². The van der Waals surface area contributed by atoms with Crippen molar-refractivity contribution in [2.45, 2.75) is 13.8 Å². The minimum absolute atomic E-state index is 0.813. The third-order valence-corrected chi connectivity index (χ3v) is 1.26. The normalized spacial score (nSPS) is 8.90. The van der Waals surface area contributed by atoms with Crippen LogP contribution >= 0.6 is 0 Å². The van der Waals surface area contributed by atoms with Gasteiger partial charge in [-0.3, -0.25) is 0 Å². The van der Waals surface area contributed by atoms with E-state index < -0.39 is 0 Å². The van der Waals surface area contributed by atoms with Crippen LogP contribution in [-0.4, -0.2) is 10.2 Å². The Bertz CT molecular complexity index is 284. The van der Waals surface area contributed by atoms with E-state index in [1.165, 1.54) is 0 Å². The maximum absolute atomic E-state index is 5.20. The number of nitrogens with zero attached hydrogens (tertiary/aromatic N) is 2. The Labute approximate surface area is 60.3 Å². The lowest BCUT2D eigenvalue weighted by Crippen LogP contribution is -1.93. The summed E-state index contributed by atoms with van der Waals surface area (Å²) in [5, 5.41) is 7.70. The van der Waals surface area contributed by atoms with Crippen molar-refractivity contribution < 1.29 is 0 Å². The Kier molecular flexibility index (Phi) is 1.68. The number of terminal acetylenes is 1. The van der Waals surface area contributed by atoms with E-state index in [-0.39, 0.29) is 0 Å². The zero-order valence-corrected chi connectivity index (χ0v) is 6.05. The van der Waals surface area contributed by atoms with Crippen molar-refractivity contribution in [3.05, 3.63) is 23.0 Å². The lowest BCUT2D eigenvalue weighted by molar-refractivity contribution is 0.935. The van der Waals surface area contributed by atoms with Gasteiger partial charge in [0.05, 0.1) is 11.4 Å². The fraction of sp³-hybridized carbons (Fsp3) is 0.250. The number of aryl methyl sites for hydroxylation is 2. The van der Waals surface area contributed by atoms with Crippen molar-refractivity contribution >= 4 is 0 Å². The molecule has 50 valence electrons. The summed E-state index contributed by atoms with van der Waals surface area (Å²) in [4.78, 5) is 0. The van der Waals surface area contributed by atoms with Crippen LogP contribution in [0.15, 0.2) is 6.07 Å². The first-order valence-corrected chi connectivity index (χ1v) is 3.01. The second-order valence-corrected chi connectivity index (χ2v) is 2.13. The molecular weight excluding hydrogens is 124 g/mol. The van der Waals surface area contributed by atoms with Crippen molar-refractivity contribution in [2.75, 3.05) is 0 Å². The average molecular weight is 132 g/mol. The zero-order valence-electron chi connectivity index (χ0n) is 6.05. The highest BCUT2D eigenvalue weighted by Crippen LogP contribution is 2.01. The van der Waals surface area contributed by atoms with Gasteiger partial charge in [0.1, 0.15) is 0 Å². The Morgan fingerprint density at radius 2 is 2.10 bits per heavy atom. The molecule has 0 fully saturated rings. The summed E-state index contributed by atoms with van der Waals surface area (Å²) in [6.45, 7) is 3.72. The molecule has 1 heterocycles. The van der Waals surface area contributed by atoms with E-state index in [0.29, 0.717) is 0 Å². The second kappa shape index (κ2) is 2.49. The lowest BCUT2D eigenvalue weighted by Gasteiger charge is -1.95. The summed E-state index contributed by atoms with van der Waals surface area (Å²) in [6, 6.07) is 1.85. The van der Waals surface area contributed by atoms with Crippen LogP contribution in [0.5, 0.6) is 0 Å². The highest BCUT2D eigenvalue weighted by Gasteiger charge is 1.95. The Hall–Kier alpha value is -1.36. The molecule has 2 heteroatoms. The molecule has 0 aliphatic heterocycles. The quantitative estimate of drug-likeness (QED) is 0.493. The van der Waals surface area contributed by atoms with Crippen LogP contribution in [0.4, 0.5) is 0 Å². The van der Waals surface area contributed by atoms with Gasteiger partial charge in [0.2, 0.25) is 0 Å². The van der Waals surface area contributed by atoms with Gasteiger partial charge >= 0.3 is 0 Å². The van der Waals surface area contributed by atoms with Crippen LogP contribution in [0.25, 0.3) is 0 Å². The molecule has 0 spiro atoms. The molecule has 0 unspecified atom stereocenters. The standard InChI is InChI=1S/C8H8N2/c1-4-8-5-6(2)9-10-7(8)3/h1,5H,2-3H3. The summed E-state index contributed by atoms with van der Waals surface area (Å²) >= 11 is 0. The van der Waals surface area contributed by atoms with Crippen molar-refractivity contribution in [1.82, 2.24) is 10.2 Å². The van der Waals surface area contributed by atoms with E-state index >= 15 is 0 Å². The summed E-state index contributed by atoms with van der Waals surface area (Å²) in [5.74, 6) is 2.53. The summed E-state index contributed by atoms with van der Waals surface area (Å²) in [6.07, 6.45) is 5.20. The zero-order chi connectivity index (χ0) is 7.56. The molecule has 0 N–H and O–H groups in total. The number of hydrogen-bond donors (Lipinski definition) is 0. The van der Waals surface area contributed by atoms with Crippen molar-refractivity contribution in [3.63, 3.8) is 0 Å². The first kappa shape index (κ1) is 6.76. The van der Waals surface area contributed by atoms with Gasteiger partial charge in [-0.25, -0.2) is 0 Å². The van der Waals surface area contributed by atoms with E-state index in [2.05, 4.69) is 16.1 Å². The third-order valence-electron chi connectivity index (χ3n) is 1.26. The van der Waals surface area contributed by atoms with Crippen LogP contribution < -0.4 is 0 Å². The van der Waals surface area contributed by atoms with Gasteiger partial charge in [0.15, 0.2) is 0 Å². The van der Waals surface area contributed by atoms with Crippen LogP contribution in [0, 0.1) is 26.2 Å². The van der Waals surface area contributed by atoms with Crippen molar-refractivity contribution in [2.24, 2.45) is 0 Å². The minimum atomic E-state index is 0.813. The molecule has 2 nitrogen and oxygen atoms in total. The molecule has 0 saturated heterocycles. The fourth-order valence-corrected chi connectivity index (χ4v) is 0.696. The summed E-state index contributed by atoms with van der Waals surface area (Å²) < 4.78 is 0. The molecule has 0 bridgehead atoms. The van der Waals surface area contributed by atoms with E-state index in [4.69, 9.17) is 6.42 Å². The number of rotatable bonds is 0. The number of aromatic nitrogens is 2. The van der Waals surface area contributed by atoms with Crippen LogP contribution in [-0.2, 0) is 0 Å². The van der Waals surface area contributed by atoms with Crippen LogP contribution in [0.1, 0.15) is 17.0 Å². The third kappa shape index (κ3) is 1.14. The van der Waals surface area contributed by atoms with E-state index in [0.717, 1.165) is 17.0 Å². The van der Waals surface area contributed by atoms with Gasteiger partial charge in [-0.05, 0) is 19.9 Å². The largest absolute Gasteiger partial charge is 0.156 e. The molecule has 0 amide bonds. The molecule has 1 aromatic heterocycles. The lowest BCUT2D eigenvalue weighted by atomic mass is 10.2. The molecular formula is C8H8N2. The molecule has 0 radical (unpaired) electrons. The van der Waals surface area contributed by atoms with Crippen LogP contribution in [0.3, 0.4) is 0 Å². The predicted octanol–water partition coefficient (Wildman–Crippen LogP) is 1.07. The molecule has 0 aromatic carbocycles. The second-order valence-electron chi connectivity index (χ2n) is 2.13. The first-order valence-electron chi connectivity index (χ1n) is 3.01. The first-order chi connectivity index (χ1) is 4.74. The topological polar surface area (TPSA) is 25.8 Å². The molecule has 0 aliphatic carbocycles. The molecule has 10 heavy (non-hydrogen) atoms. The molecule has 0 saturated carbocycles. The minimum Gasteiger partial charge on any atom is -0.156 e. The van der Waals surface area contributed by atoms with Gasteiger partial charge in [0, 0.05) is 5.56 Å². The highest BCUT2D eigenvalue weighted by molar-refractivity contribution is 5.35. The van der Waals surface area contributed by atoms with E-state index in [1.807, 2.05) is 19.9 Å². The molecule has 0 aliphatic rings. The van der Waals surface area contributed by atoms with Gasteiger partial charge in [-0.15, -0.1) is 6.42 Å². The summed E-state index contributed by atoms with van der Waals surface area (Å²) in [7, 11) is 0. The van der Waals surface area contributed by atoms with Crippen LogP contribution in [0.2, 0.25) is 0 Å². The maximum atomic E-state index is 5.20. The smallest absolute Gasteiger partial charge is 0.0756 e. The Balaban J connectivity index is 3.25. The van der Waals surface area contributed by atoms with Crippen molar-refractivity contribution in [1.29, 1.82) is 0 Å². The average Bonchev–Trinajstić information content (AvgIpc) is 1.94. The van der Waals surface area contributed by atoms with E-state index in [1.54, 1.807) is 0 Å². The molecule has 0 atom stereocenters.